The van der Waals surface area contributed by atoms with Crippen LogP contribution in [-0.4, -0.2) is 41.1 Å². The van der Waals surface area contributed by atoms with Crippen molar-refractivity contribution in [3.05, 3.63) is 51.8 Å². The lowest BCUT2D eigenvalue weighted by Crippen LogP contribution is -2.41. The molecule has 1 saturated heterocycles. The van der Waals surface area contributed by atoms with Crippen molar-refractivity contribution in [2.45, 2.75) is 44.8 Å². The molecule has 0 radical (unpaired) electrons. The van der Waals surface area contributed by atoms with Crippen LogP contribution in [0.15, 0.2) is 24.3 Å². The number of aryl methyl sites for hydroxylation is 1. The van der Waals surface area contributed by atoms with Gasteiger partial charge in [-0.25, -0.2) is 9.97 Å². The number of ether oxygens (including phenoxy) is 1. The van der Waals surface area contributed by atoms with Gasteiger partial charge in [0.15, 0.2) is 0 Å². The van der Waals surface area contributed by atoms with Crippen molar-refractivity contribution in [1.29, 1.82) is 0 Å². The number of hydrogen-bond acceptors (Lipinski definition) is 5. The van der Waals surface area contributed by atoms with Gasteiger partial charge in [-0.2, -0.15) is 0 Å². The Kier molecular flexibility index (Phi) is 4.77. The maximum atomic E-state index is 6.17. The third-order valence-electron chi connectivity index (χ3n) is 6.31. The van der Waals surface area contributed by atoms with Crippen molar-refractivity contribution in [2.75, 3.05) is 31.6 Å². The smallest absolute Gasteiger partial charge is 0.223 e. The molecule has 1 aromatic heterocycles. The van der Waals surface area contributed by atoms with Crippen molar-refractivity contribution in [1.82, 2.24) is 14.9 Å². The quantitative estimate of drug-likeness (QED) is 0.826. The number of anilines is 1. The van der Waals surface area contributed by atoms with E-state index in [0.29, 0.717) is 6.61 Å². The molecule has 1 atom stereocenters. The zero-order valence-corrected chi connectivity index (χ0v) is 17.1. The second-order valence-corrected chi connectivity index (χ2v) is 9.08. The van der Waals surface area contributed by atoms with Gasteiger partial charge in [0.2, 0.25) is 5.95 Å². The number of likely N-dealkylation sites (tertiary alicyclic amines) is 1. The minimum absolute atomic E-state index is 0.0319. The highest BCUT2D eigenvalue weighted by Gasteiger charge is 2.45. The summed E-state index contributed by atoms with van der Waals surface area (Å²) >= 11 is 6.17. The van der Waals surface area contributed by atoms with Crippen molar-refractivity contribution in [2.24, 2.45) is 5.92 Å². The van der Waals surface area contributed by atoms with Crippen molar-refractivity contribution in [3.8, 4) is 0 Å². The molecule has 28 heavy (non-hydrogen) atoms. The summed E-state index contributed by atoms with van der Waals surface area (Å²) in [5, 5.41) is 4.27. The molecule has 0 amide bonds. The molecule has 1 N–H and O–H groups in total. The molecule has 3 aliphatic rings. The molecule has 1 spiro atoms. The maximum Gasteiger partial charge on any atom is 0.223 e. The van der Waals surface area contributed by atoms with E-state index >= 15 is 0 Å². The fraction of sp³-hybridized carbons (Fsp3) is 0.545. The summed E-state index contributed by atoms with van der Waals surface area (Å²) in [4.78, 5) is 12.2. The van der Waals surface area contributed by atoms with Gasteiger partial charge in [0.25, 0.3) is 0 Å². The fourth-order valence-electron chi connectivity index (χ4n) is 4.56. The first-order valence-corrected chi connectivity index (χ1v) is 10.7. The van der Waals surface area contributed by atoms with E-state index in [1.807, 2.05) is 12.1 Å². The third kappa shape index (κ3) is 3.63. The van der Waals surface area contributed by atoms with Crippen LogP contribution in [0, 0.1) is 12.8 Å². The summed E-state index contributed by atoms with van der Waals surface area (Å²) in [7, 11) is 0. The van der Waals surface area contributed by atoms with E-state index < -0.39 is 0 Å². The molecule has 1 aliphatic carbocycles. The Morgan fingerprint density at radius 2 is 2.21 bits per heavy atom. The van der Waals surface area contributed by atoms with Crippen LogP contribution in [0.25, 0.3) is 0 Å². The average Bonchev–Trinajstić information content (AvgIpc) is 3.43. The topological polar surface area (TPSA) is 50.3 Å². The van der Waals surface area contributed by atoms with E-state index in [4.69, 9.17) is 26.3 Å². The Morgan fingerprint density at radius 1 is 1.32 bits per heavy atom. The van der Waals surface area contributed by atoms with E-state index in [1.54, 1.807) is 0 Å². The summed E-state index contributed by atoms with van der Waals surface area (Å²) < 4.78 is 6.03. The van der Waals surface area contributed by atoms with Gasteiger partial charge >= 0.3 is 0 Å². The number of benzene rings is 1. The second kappa shape index (κ2) is 7.29. The largest absolute Gasteiger partial charge is 0.376 e. The number of nitrogens with one attached hydrogen (secondary N) is 1. The standard InChI is InChI=1S/C22H27ClN4O/c1-15-19-12-28-14-22(20(19)26-21(25-15)24-10-16-5-6-16)7-8-27(13-22)11-17-3-2-4-18(23)9-17/h2-4,9,16H,5-8,10-14H2,1H3,(H,24,25,26)/t22-/m0/s1. The van der Waals surface area contributed by atoms with Crippen LogP contribution in [0.5, 0.6) is 0 Å². The van der Waals surface area contributed by atoms with Gasteiger partial charge in [0.1, 0.15) is 0 Å². The minimum atomic E-state index is -0.0319. The number of hydrogen-bond donors (Lipinski definition) is 1. The number of fused-ring (bicyclic) bond motifs is 2. The van der Waals surface area contributed by atoms with Gasteiger partial charge in [0, 0.05) is 35.9 Å². The van der Waals surface area contributed by atoms with Crippen LogP contribution in [0.2, 0.25) is 5.02 Å². The Balaban J connectivity index is 1.38. The maximum absolute atomic E-state index is 6.17. The minimum Gasteiger partial charge on any atom is -0.376 e. The Labute approximate surface area is 171 Å². The average molecular weight is 399 g/mol. The van der Waals surface area contributed by atoms with Crippen molar-refractivity contribution >= 4 is 17.5 Å². The Bertz CT molecular complexity index is 885. The molecular formula is C22H27ClN4O. The molecule has 2 aromatic rings. The normalized spacial score (nSPS) is 24.5. The van der Waals surface area contributed by atoms with Gasteiger partial charge in [-0.3, -0.25) is 4.90 Å². The molecule has 2 aliphatic heterocycles. The zero-order chi connectivity index (χ0) is 19.1. The monoisotopic (exact) mass is 398 g/mol. The van der Waals surface area contributed by atoms with E-state index in [0.717, 1.165) is 61.8 Å². The molecule has 2 fully saturated rings. The van der Waals surface area contributed by atoms with Gasteiger partial charge in [-0.15, -0.1) is 0 Å². The van der Waals surface area contributed by atoms with Gasteiger partial charge in [0.05, 0.1) is 24.3 Å². The molecule has 1 saturated carbocycles. The van der Waals surface area contributed by atoms with E-state index in [9.17, 15) is 0 Å². The highest BCUT2D eigenvalue weighted by Crippen LogP contribution is 2.40. The van der Waals surface area contributed by atoms with Crippen LogP contribution in [0.1, 0.15) is 41.8 Å². The molecule has 5 nitrogen and oxygen atoms in total. The zero-order valence-electron chi connectivity index (χ0n) is 16.4. The highest BCUT2D eigenvalue weighted by atomic mass is 35.5. The fourth-order valence-corrected chi connectivity index (χ4v) is 4.77. The Morgan fingerprint density at radius 3 is 3.04 bits per heavy atom. The van der Waals surface area contributed by atoms with Crippen LogP contribution >= 0.6 is 11.6 Å². The molecule has 0 bridgehead atoms. The lowest BCUT2D eigenvalue weighted by Gasteiger charge is -2.35. The van der Waals surface area contributed by atoms with Crippen LogP contribution in [-0.2, 0) is 23.3 Å². The summed E-state index contributed by atoms with van der Waals surface area (Å²) in [5.41, 5.74) is 4.67. The van der Waals surface area contributed by atoms with E-state index in [-0.39, 0.29) is 5.41 Å². The first kappa shape index (κ1) is 18.3. The van der Waals surface area contributed by atoms with Crippen molar-refractivity contribution in [3.63, 3.8) is 0 Å². The van der Waals surface area contributed by atoms with Crippen molar-refractivity contribution < 1.29 is 4.74 Å². The molecular weight excluding hydrogens is 372 g/mol. The summed E-state index contributed by atoms with van der Waals surface area (Å²) in [6.45, 7) is 7.36. The molecule has 5 rings (SSSR count). The van der Waals surface area contributed by atoms with Crippen LogP contribution < -0.4 is 5.32 Å². The van der Waals surface area contributed by atoms with E-state index in [2.05, 4.69) is 29.3 Å². The number of rotatable bonds is 5. The number of nitrogens with zero attached hydrogens (tertiary/aromatic N) is 3. The van der Waals surface area contributed by atoms with E-state index in [1.165, 1.54) is 29.7 Å². The summed E-state index contributed by atoms with van der Waals surface area (Å²) in [6, 6.07) is 8.16. The number of halogens is 1. The predicted molar refractivity (Wildman–Crippen MR) is 111 cm³/mol. The van der Waals surface area contributed by atoms with Gasteiger partial charge in [-0.05, 0) is 56.3 Å². The lowest BCUT2D eigenvalue weighted by atomic mass is 9.80. The predicted octanol–water partition coefficient (Wildman–Crippen LogP) is 3.93. The molecule has 1 aromatic carbocycles. The summed E-state index contributed by atoms with van der Waals surface area (Å²) in [5.74, 6) is 1.59. The first-order valence-electron chi connectivity index (χ1n) is 10.3. The lowest BCUT2D eigenvalue weighted by molar-refractivity contribution is 0.0498. The number of aromatic nitrogens is 2. The highest BCUT2D eigenvalue weighted by molar-refractivity contribution is 6.30. The van der Waals surface area contributed by atoms with Crippen LogP contribution in [0.4, 0.5) is 5.95 Å². The third-order valence-corrected chi connectivity index (χ3v) is 6.55. The van der Waals surface area contributed by atoms with Crippen LogP contribution in [0.3, 0.4) is 0 Å². The Hall–Kier alpha value is -1.69. The molecule has 0 unspecified atom stereocenters. The second-order valence-electron chi connectivity index (χ2n) is 8.65. The summed E-state index contributed by atoms with van der Waals surface area (Å²) in [6.07, 6.45) is 3.72. The van der Waals surface area contributed by atoms with Gasteiger partial charge in [-0.1, -0.05) is 23.7 Å². The molecule has 6 heteroatoms. The molecule has 3 heterocycles. The first-order chi connectivity index (χ1) is 13.6. The van der Waals surface area contributed by atoms with Gasteiger partial charge < -0.3 is 10.1 Å². The molecule has 148 valence electrons. The SMILES string of the molecule is Cc1nc(NCC2CC2)nc2c1COC[C@@]21CCN(Cc2cccc(Cl)c2)C1.